The molecule has 0 aliphatic carbocycles. The molecule has 2 unspecified atom stereocenters. The van der Waals surface area contributed by atoms with Gasteiger partial charge in [0.05, 0.1) is 32.5 Å². The standard InChI is InChI=1S/C27H34FN3O7/c1-2-36-24(32)18-31(27(34)23-10-9-22(38-23)17-30-11-14-35-15-12-30)25(19-5-7-20(28)8-6-19)26(33)29-16-21-4-3-13-37-21/h5-10,21,25H,2-4,11-18H2,1H3,(H,29,33). The minimum absolute atomic E-state index is 0.0170. The van der Waals surface area contributed by atoms with Crippen LogP contribution < -0.4 is 5.32 Å². The summed E-state index contributed by atoms with van der Waals surface area (Å²) in [6.07, 6.45) is 1.58. The van der Waals surface area contributed by atoms with Gasteiger partial charge in [0.1, 0.15) is 24.2 Å². The topological polar surface area (TPSA) is 111 Å². The Balaban J connectivity index is 1.60. The van der Waals surface area contributed by atoms with Gasteiger partial charge in [-0.25, -0.2) is 4.39 Å². The molecule has 1 aromatic heterocycles. The number of ether oxygens (including phenoxy) is 3. The molecule has 2 aliphatic heterocycles. The lowest BCUT2D eigenvalue weighted by Gasteiger charge is -2.30. The maximum absolute atomic E-state index is 13.7. The summed E-state index contributed by atoms with van der Waals surface area (Å²) in [5.74, 6) is -1.80. The third-order valence-electron chi connectivity index (χ3n) is 6.49. The van der Waals surface area contributed by atoms with E-state index in [2.05, 4.69) is 10.2 Å². The monoisotopic (exact) mass is 531 g/mol. The molecule has 0 bridgehead atoms. The molecule has 206 valence electrons. The SMILES string of the molecule is CCOC(=O)CN(C(=O)c1ccc(CN2CCOCC2)o1)C(C(=O)NCC1CCCO1)c1ccc(F)cc1. The van der Waals surface area contributed by atoms with Crippen molar-refractivity contribution >= 4 is 17.8 Å². The van der Waals surface area contributed by atoms with Crippen LogP contribution in [0.1, 0.15) is 47.7 Å². The van der Waals surface area contributed by atoms with Crippen LogP contribution in [0.15, 0.2) is 40.8 Å². The van der Waals surface area contributed by atoms with Crippen LogP contribution in [-0.2, 0) is 30.3 Å². The molecule has 0 saturated carbocycles. The molecule has 2 aromatic rings. The van der Waals surface area contributed by atoms with Gasteiger partial charge in [-0.15, -0.1) is 0 Å². The van der Waals surface area contributed by atoms with E-state index in [-0.39, 0.29) is 25.0 Å². The van der Waals surface area contributed by atoms with Crippen molar-refractivity contribution in [1.29, 1.82) is 0 Å². The average molecular weight is 532 g/mol. The number of carbonyl (C=O) groups excluding carboxylic acids is 3. The summed E-state index contributed by atoms with van der Waals surface area (Å²) in [6.45, 7) is 5.38. The summed E-state index contributed by atoms with van der Waals surface area (Å²) in [5, 5.41) is 2.84. The first-order valence-electron chi connectivity index (χ1n) is 12.9. The normalized spacial score (nSPS) is 18.6. The van der Waals surface area contributed by atoms with E-state index < -0.39 is 36.2 Å². The Kier molecular flexibility index (Phi) is 9.85. The lowest BCUT2D eigenvalue weighted by molar-refractivity contribution is -0.145. The molecular formula is C27H34FN3O7. The molecule has 11 heteroatoms. The van der Waals surface area contributed by atoms with Gasteiger partial charge < -0.3 is 28.8 Å². The number of furan rings is 1. The Morgan fingerprint density at radius 1 is 1.13 bits per heavy atom. The van der Waals surface area contributed by atoms with E-state index >= 15 is 0 Å². The number of rotatable bonds is 11. The fourth-order valence-electron chi connectivity index (χ4n) is 4.56. The highest BCUT2D eigenvalue weighted by atomic mass is 19.1. The second kappa shape index (κ2) is 13.5. The van der Waals surface area contributed by atoms with E-state index in [1.165, 1.54) is 30.3 Å². The summed E-state index contributed by atoms with van der Waals surface area (Å²) >= 11 is 0. The Morgan fingerprint density at radius 3 is 2.58 bits per heavy atom. The smallest absolute Gasteiger partial charge is 0.325 e. The van der Waals surface area contributed by atoms with Crippen molar-refractivity contribution in [2.75, 3.05) is 52.6 Å². The number of amides is 2. The number of hydrogen-bond acceptors (Lipinski definition) is 8. The van der Waals surface area contributed by atoms with E-state index in [0.29, 0.717) is 37.7 Å². The molecule has 1 aromatic carbocycles. The van der Waals surface area contributed by atoms with E-state index in [9.17, 15) is 18.8 Å². The molecule has 2 aliphatic rings. The van der Waals surface area contributed by atoms with Gasteiger partial charge in [-0.3, -0.25) is 19.3 Å². The first kappa shape index (κ1) is 27.7. The number of hydrogen-bond donors (Lipinski definition) is 1. The number of esters is 1. The third-order valence-corrected chi connectivity index (χ3v) is 6.49. The summed E-state index contributed by atoms with van der Waals surface area (Å²) in [6, 6.07) is 7.25. The van der Waals surface area contributed by atoms with Crippen molar-refractivity contribution in [1.82, 2.24) is 15.1 Å². The molecule has 2 saturated heterocycles. The quantitative estimate of drug-likeness (QED) is 0.440. The summed E-state index contributed by atoms with van der Waals surface area (Å²) in [5.41, 5.74) is 0.342. The first-order valence-corrected chi connectivity index (χ1v) is 12.9. The largest absolute Gasteiger partial charge is 0.465 e. The lowest BCUT2D eigenvalue weighted by atomic mass is 10.0. The van der Waals surface area contributed by atoms with Crippen molar-refractivity contribution in [3.8, 4) is 0 Å². The Hall–Kier alpha value is -3.28. The second-order valence-corrected chi connectivity index (χ2v) is 9.23. The van der Waals surface area contributed by atoms with Gasteiger partial charge in [-0.1, -0.05) is 12.1 Å². The molecule has 2 amide bonds. The summed E-state index contributed by atoms with van der Waals surface area (Å²) in [7, 11) is 0. The molecule has 4 rings (SSSR count). The van der Waals surface area contributed by atoms with Crippen molar-refractivity contribution in [2.45, 2.75) is 38.5 Å². The highest BCUT2D eigenvalue weighted by Crippen LogP contribution is 2.25. The number of nitrogens with zero attached hydrogens (tertiary/aromatic N) is 2. The van der Waals surface area contributed by atoms with Gasteiger partial charge in [0.2, 0.25) is 5.91 Å². The Morgan fingerprint density at radius 2 is 1.89 bits per heavy atom. The zero-order chi connectivity index (χ0) is 26.9. The highest BCUT2D eigenvalue weighted by Gasteiger charge is 2.36. The second-order valence-electron chi connectivity index (χ2n) is 9.23. The van der Waals surface area contributed by atoms with Crippen LogP contribution in [0.25, 0.3) is 0 Å². The van der Waals surface area contributed by atoms with Crippen LogP contribution in [0.2, 0.25) is 0 Å². The molecular weight excluding hydrogens is 497 g/mol. The van der Waals surface area contributed by atoms with Gasteiger partial charge in [0, 0.05) is 26.2 Å². The van der Waals surface area contributed by atoms with Crippen LogP contribution in [-0.4, -0.2) is 86.3 Å². The van der Waals surface area contributed by atoms with Crippen LogP contribution in [0.3, 0.4) is 0 Å². The molecule has 2 fully saturated rings. The fraction of sp³-hybridized carbons (Fsp3) is 0.519. The van der Waals surface area contributed by atoms with Gasteiger partial charge in [-0.05, 0) is 49.6 Å². The Bertz CT molecular complexity index is 1080. The van der Waals surface area contributed by atoms with Gasteiger partial charge >= 0.3 is 5.97 Å². The minimum atomic E-state index is -1.23. The minimum Gasteiger partial charge on any atom is -0.465 e. The fourth-order valence-corrected chi connectivity index (χ4v) is 4.56. The van der Waals surface area contributed by atoms with Gasteiger partial charge in [0.25, 0.3) is 5.91 Å². The number of benzene rings is 1. The van der Waals surface area contributed by atoms with Gasteiger partial charge in [-0.2, -0.15) is 0 Å². The number of halogens is 1. The van der Waals surface area contributed by atoms with E-state index in [1.54, 1.807) is 13.0 Å². The summed E-state index contributed by atoms with van der Waals surface area (Å²) in [4.78, 5) is 43.1. The van der Waals surface area contributed by atoms with Crippen molar-refractivity contribution in [3.05, 3.63) is 59.3 Å². The lowest BCUT2D eigenvalue weighted by Crippen LogP contribution is -2.47. The van der Waals surface area contributed by atoms with Crippen LogP contribution >= 0.6 is 0 Å². The van der Waals surface area contributed by atoms with E-state index in [0.717, 1.165) is 30.8 Å². The maximum atomic E-state index is 13.7. The zero-order valence-corrected chi connectivity index (χ0v) is 21.5. The first-order chi connectivity index (χ1) is 18.4. The maximum Gasteiger partial charge on any atom is 0.325 e. The predicted molar refractivity (Wildman–Crippen MR) is 134 cm³/mol. The van der Waals surface area contributed by atoms with Gasteiger partial charge in [0.15, 0.2) is 5.76 Å². The highest BCUT2D eigenvalue weighted by molar-refractivity contribution is 5.98. The molecule has 38 heavy (non-hydrogen) atoms. The van der Waals surface area contributed by atoms with Crippen molar-refractivity contribution in [3.63, 3.8) is 0 Å². The number of carbonyl (C=O) groups is 3. The third kappa shape index (κ3) is 7.40. The average Bonchev–Trinajstić information content (AvgIpc) is 3.61. The van der Waals surface area contributed by atoms with Crippen molar-refractivity contribution < 1.29 is 37.4 Å². The molecule has 0 spiro atoms. The molecule has 1 N–H and O–H groups in total. The zero-order valence-electron chi connectivity index (χ0n) is 21.5. The molecule has 3 heterocycles. The van der Waals surface area contributed by atoms with E-state index in [4.69, 9.17) is 18.6 Å². The number of nitrogens with one attached hydrogen (secondary N) is 1. The molecule has 10 nitrogen and oxygen atoms in total. The summed E-state index contributed by atoms with van der Waals surface area (Å²) < 4.78 is 35.7. The van der Waals surface area contributed by atoms with E-state index in [1.807, 2.05) is 0 Å². The van der Waals surface area contributed by atoms with Crippen molar-refractivity contribution in [2.24, 2.45) is 0 Å². The van der Waals surface area contributed by atoms with Crippen LogP contribution in [0.5, 0.6) is 0 Å². The van der Waals surface area contributed by atoms with Crippen LogP contribution in [0.4, 0.5) is 4.39 Å². The molecule has 0 radical (unpaired) electrons. The molecule has 2 atom stereocenters. The predicted octanol–water partition coefficient (Wildman–Crippen LogP) is 2.29. The Labute approximate surface area is 221 Å². The van der Waals surface area contributed by atoms with Crippen LogP contribution in [0, 0.1) is 5.82 Å². The number of morpholine rings is 1.